The fraction of sp³-hybridized carbons (Fsp3) is 0.300. The third-order valence-corrected chi connectivity index (χ3v) is 4.79. The number of carbonyl (C=O) groups excluding carboxylic acids is 2. The second kappa shape index (κ2) is 8.45. The predicted octanol–water partition coefficient (Wildman–Crippen LogP) is 2.96. The molecule has 0 bridgehead atoms. The zero-order chi connectivity index (χ0) is 18.5. The summed E-state index contributed by atoms with van der Waals surface area (Å²) >= 11 is 5.95. The van der Waals surface area contributed by atoms with Gasteiger partial charge in [-0.15, -0.1) is 0 Å². The maximum atomic E-state index is 13.2. The van der Waals surface area contributed by atoms with E-state index >= 15 is 0 Å². The van der Waals surface area contributed by atoms with Crippen molar-refractivity contribution >= 4 is 23.4 Å². The standard InChI is InChI=1S/C20H21ClN2O3/c1-26-20(25)16-4-2-14(3-5-16)18(23-12-10-22-11-13-23)19(24)15-6-8-17(21)9-7-15/h2-9,18,22H,10-13H2,1H3. The van der Waals surface area contributed by atoms with Gasteiger partial charge in [-0.05, 0) is 42.0 Å². The molecule has 0 amide bonds. The molecule has 26 heavy (non-hydrogen) atoms. The summed E-state index contributed by atoms with van der Waals surface area (Å²) < 4.78 is 4.74. The molecular formula is C20H21ClN2O3. The summed E-state index contributed by atoms with van der Waals surface area (Å²) in [5.74, 6) is -0.367. The van der Waals surface area contributed by atoms with Gasteiger partial charge in [0.25, 0.3) is 0 Å². The van der Waals surface area contributed by atoms with Crippen LogP contribution in [0.2, 0.25) is 5.02 Å². The Morgan fingerprint density at radius 3 is 2.15 bits per heavy atom. The molecule has 0 aromatic heterocycles. The average Bonchev–Trinajstić information content (AvgIpc) is 2.69. The number of piperazine rings is 1. The van der Waals surface area contributed by atoms with E-state index in [1.807, 2.05) is 12.1 Å². The van der Waals surface area contributed by atoms with Gasteiger partial charge in [-0.1, -0.05) is 23.7 Å². The Hall–Kier alpha value is -2.21. The molecule has 5 nitrogen and oxygen atoms in total. The van der Waals surface area contributed by atoms with Crippen LogP contribution in [-0.2, 0) is 4.74 Å². The number of halogens is 1. The highest BCUT2D eigenvalue weighted by atomic mass is 35.5. The quantitative estimate of drug-likeness (QED) is 0.646. The summed E-state index contributed by atoms with van der Waals surface area (Å²) in [7, 11) is 1.35. The maximum absolute atomic E-state index is 13.2. The summed E-state index contributed by atoms with van der Waals surface area (Å²) in [4.78, 5) is 27.1. The molecule has 2 aromatic rings. The first-order chi connectivity index (χ1) is 12.6. The van der Waals surface area contributed by atoms with Crippen molar-refractivity contribution in [1.82, 2.24) is 10.2 Å². The fourth-order valence-corrected chi connectivity index (χ4v) is 3.29. The lowest BCUT2D eigenvalue weighted by Crippen LogP contribution is -2.47. The van der Waals surface area contributed by atoms with Crippen molar-refractivity contribution in [3.63, 3.8) is 0 Å². The number of esters is 1. The van der Waals surface area contributed by atoms with Crippen molar-refractivity contribution in [2.75, 3.05) is 33.3 Å². The Bertz CT molecular complexity index is 769. The molecule has 0 radical (unpaired) electrons. The second-order valence-corrected chi connectivity index (χ2v) is 6.61. The summed E-state index contributed by atoms with van der Waals surface area (Å²) in [6, 6.07) is 13.6. The number of carbonyl (C=O) groups is 2. The topological polar surface area (TPSA) is 58.6 Å². The van der Waals surface area contributed by atoms with E-state index < -0.39 is 6.04 Å². The Balaban J connectivity index is 1.93. The zero-order valence-corrected chi connectivity index (χ0v) is 15.3. The van der Waals surface area contributed by atoms with Gasteiger partial charge in [0.15, 0.2) is 5.78 Å². The molecule has 6 heteroatoms. The lowest BCUT2D eigenvalue weighted by molar-refractivity contribution is 0.0600. The first kappa shape index (κ1) is 18.6. The largest absolute Gasteiger partial charge is 0.465 e. The number of benzene rings is 2. The number of rotatable bonds is 5. The van der Waals surface area contributed by atoms with Gasteiger partial charge in [0.1, 0.15) is 0 Å². The highest BCUT2D eigenvalue weighted by molar-refractivity contribution is 6.30. The minimum absolute atomic E-state index is 0.0226. The van der Waals surface area contributed by atoms with Gasteiger partial charge in [-0.25, -0.2) is 4.79 Å². The van der Waals surface area contributed by atoms with Crippen LogP contribution in [0.25, 0.3) is 0 Å². The van der Waals surface area contributed by atoms with Gasteiger partial charge < -0.3 is 10.1 Å². The van der Waals surface area contributed by atoms with E-state index in [-0.39, 0.29) is 11.8 Å². The van der Waals surface area contributed by atoms with E-state index in [4.69, 9.17) is 16.3 Å². The number of methoxy groups -OCH3 is 1. The van der Waals surface area contributed by atoms with E-state index in [0.29, 0.717) is 16.1 Å². The van der Waals surface area contributed by atoms with Crippen LogP contribution in [0, 0.1) is 0 Å². The third-order valence-electron chi connectivity index (χ3n) is 4.54. The van der Waals surface area contributed by atoms with Crippen molar-refractivity contribution in [3.8, 4) is 0 Å². The molecule has 1 saturated heterocycles. The summed E-state index contributed by atoms with van der Waals surface area (Å²) in [5.41, 5.74) is 1.95. The number of nitrogens with one attached hydrogen (secondary N) is 1. The number of Topliss-reactive ketones (excluding diaryl/α,β-unsaturated/α-hetero) is 1. The van der Waals surface area contributed by atoms with Crippen molar-refractivity contribution in [3.05, 3.63) is 70.2 Å². The van der Waals surface area contributed by atoms with Crippen LogP contribution in [0.15, 0.2) is 48.5 Å². The summed E-state index contributed by atoms with van der Waals surface area (Å²) in [5, 5.41) is 3.91. The first-order valence-electron chi connectivity index (χ1n) is 8.53. The molecule has 1 N–H and O–H groups in total. The van der Waals surface area contributed by atoms with Gasteiger partial charge in [0.2, 0.25) is 0 Å². The zero-order valence-electron chi connectivity index (χ0n) is 14.6. The van der Waals surface area contributed by atoms with Crippen LogP contribution < -0.4 is 5.32 Å². The molecule has 1 fully saturated rings. The molecule has 2 aromatic carbocycles. The van der Waals surface area contributed by atoms with E-state index in [2.05, 4.69) is 10.2 Å². The van der Waals surface area contributed by atoms with Crippen LogP contribution in [0.1, 0.15) is 32.3 Å². The molecule has 0 aliphatic carbocycles. The summed E-state index contributed by atoms with van der Waals surface area (Å²) in [6.07, 6.45) is 0. The SMILES string of the molecule is COC(=O)c1ccc(C(C(=O)c2ccc(Cl)cc2)N2CCNCC2)cc1. The Labute approximate surface area is 157 Å². The van der Waals surface area contributed by atoms with Gasteiger partial charge in [-0.3, -0.25) is 9.69 Å². The molecular weight excluding hydrogens is 352 g/mol. The summed E-state index contributed by atoms with van der Waals surface area (Å²) in [6.45, 7) is 3.24. The van der Waals surface area contributed by atoms with Crippen molar-refractivity contribution in [1.29, 1.82) is 0 Å². The monoisotopic (exact) mass is 372 g/mol. The van der Waals surface area contributed by atoms with Crippen LogP contribution in [0.3, 0.4) is 0 Å². The molecule has 1 unspecified atom stereocenters. The molecule has 0 spiro atoms. The van der Waals surface area contributed by atoms with E-state index in [1.54, 1.807) is 36.4 Å². The molecule has 136 valence electrons. The third kappa shape index (κ3) is 4.12. The highest BCUT2D eigenvalue weighted by Crippen LogP contribution is 2.27. The normalized spacial score (nSPS) is 16.1. The van der Waals surface area contributed by atoms with E-state index in [1.165, 1.54) is 7.11 Å². The number of ether oxygens (including phenoxy) is 1. The Morgan fingerprint density at radius 1 is 1.00 bits per heavy atom. The van der Waals surface area contributed by atoms with Crippen molar-refractivity contribution < 1.29 is 14.3 Å². The smallest absolute Gasteiger partial charge is 0.337 e. The lowest BCUT2D eigenvalue weighted by atomic mass is 9.94. The molecule has 1 aliphatic rings. The van der Waals surface area contributed by atoms with Crippen LogP contribution in [0.4, 0.5) is 0 Å². The molecule has 1 heterocycles. The molecule has 3 rings (SSSR count). The van der Waals surface area contributed by atoms with Crippen molar-refractivity contribution in [2.24, 2.45) is 0 Å². The minimum Gasteiger partial charge on any atom is -0.465 e. The van der Waals surface area contributed by atoms with Gasteiger partial charge >= 0.3 is 5.97 Å². The van der Waals surface area contributed by atoms with Crippen LogP contribution in [-0.4, -0.2) is 49.9 Å². The first-order valence-corrected chi connectivity index (χ1v) is 8.91. The maximum Gasteiger partial charge on any atom is 0.337 e. The fourth-order valence-electron chi connectivity index (χ4n) is 3.16. The average molecular weight is 373 g/mol. The highest BCUT2D eigenvalue weighted by Gasteiger charge is 2.29. The minimum atomic E-state index is -0.398. The number of hydrogen-bond donors (Lipinski definition) is 1. The molecule has 1 aliphatic heterocycles. The van der Waals surface area contributed by atoms with E-state index in [0.717, 1.165) is 31.7 Å². The van der Waals surface area contributed by atoms with Crippen LogP contribution in [0.5, 0.6) is 0 Å². The predicted molar refractivity (Wildman–Crippen MR) is 101 cm³/mol. The van der Waals surface area contributed by atoms with Crippen molar-refractivity contribution in [2.45, 2.75) is 6.04 Å². The number of hydrogen-bond acceptors (Lipinski definition) is 5. The Kier molecular flexibility index (Phi) is 6.04. The van der Waals surface area contributed by atoms with Gasteiger partial charge in [-0.2, -0.15) is 0 Å². The van der Waals surface area contributed by atoms with Gasteiger partial charge in [0.05, 0.1) is 18.7 Å². The Morgan fingerprint density at radius 2 is 1.58 bits per heavy atom. The lowest BCUT2D eigenvalue weighted by Gasteiger charge is -2.34. The van der Waals surface area contributed by atoms with Gasteiger partial charge in [0, 0.05) is 36.8 Å². The van der Waals surface area contributed by atoms with Crippen LogP contribution >= 0.6 is 11.6 Å². The number of ketones is 1. The molecule has 0 saturated carbocycles. The second-order valence-electron chi connectivity index (χ2n) is 6.17. The van der Waals surface area contributed by atoms with E-state index in [9.17, 15) is 9.59 Å². The molecule has 1 atom stereocenters. The number of nitrogens with zero attached hydrogens (tertiary/aromatic N) is 1.